The molecule has 2 rings (SSSR count). The Morgan fingerprint density at radius 3 is 2.41 bits per heavy atom. The van der Waals surface area contributed by atoms with Gasteiger partial charge in [0.15, 0.2) is 0 Å². The molecule has 1 aliphatic heterocycles. The number of anilines is 1. The summed E-state index contributed by atoms with van der Waals surface area (Å²) in [6.07, 6.45) is 0. The molecule has 1 fully saturated rings. The highest BCUT2D eigenvalue weighted by molar-refractivity contribution is 7.80. The Morgan fingerprint density at radius 1 is 1.35 bits per heavy atom. The lowest BCUT2D eigenvalue weighted by Crippen LogP contribution is -2.20. The summed E-state index contributed by atoms with van der Waals surface area (Å²) in [4.78, 5) is 2.72. The van der Waals surface area contributed by atoms with Crippen LogP contribution in [0.15, 0.2) is 18.2 Å². The molecule has 1 heterocycles. The second kappa shape index (κ2) is 4.83. The van der Waals surface area contributed by atoms with Crippen molar-refractivity contribution < 1.29 is 0 Å². The minimum atomic E-state index is 0.352. The van der Waals surface area contributed by atoms with Gasteiger partial charge < -0.3 is 10.6 Å². The van der Waals surface area contributed by atoms with E-state index in [1.54, 1.807) is 0 Å². The summed E-state index contributed by atoms with van der Waals surface area (Å²) in [5.74, 6) is 1.45. The van der Waals surface area contributed by atoms with Gasteiger partial charge in [0, 0.05) is 24.3 Å². The average Bonchev–Trinajstić information content (AvgIpc) is 2.58. The van der Waals surface area contributed by atoms with E-state index in [-0.39, 0.29) is 0 Å². The van der Waals surface area contributed by atoms with Crippen molar-refractivity contribution in [2.75, 3.05) is 18.0 Å². The maximum atomic E-state index is 6.18. The van der Waals surface area contributed by atoms with Crippen LogP contribution in [0.3, 0.4) is 0 Å². The number of nitrogens with zero attached hydrogens (tertiary/aromatic N) is 1. The molecule has 1 aromatic carbocycles. The maximum absolute atomic E-state index is 6.18. The Morgan fingerprint density at radius 2 is 1.94 bits per heavy atom. The van der Waals surface area contributed by atoms with E-state index in [1.807, 2.05) is 18.2 Å². The fraction of sp³-hybridized carbons (Fsp3) is 0.462. The molecule has 0 amide bonds. The van der Waals surface area contributed by atoms with Gasteiger partial charge in [-0.05, 0) is 30.0 Å². The van der Waals surface area contributed by atoms with Crippen LogP contribution in [0.25, 0.3) is 0 Å². The summed E-state index contributed by atoms with van der Waals surface area (Å²) < 4.78 is 0. The van der Waals surface area contributed by atoms with Gasteiger partial charge in [0.1, 0.15) is 4.99 Å². The molecule has 0 aliphatic carbocycles. The molecule has 2 unspecified atom stereocenters. The molecule has 4 heteroatoms. The zero-order chi connectivity index (χ0) is 12.6. The number of halogens is 1. The molecule has 0 spiro atoms. The summed E-state index contributed by atoms with van der Waals surface area (Å²) in [6, 6.07) is 5.92. The van der Waals surface area contributed by atoms with Crippen LogP contribution in [-0.4, -0.2) is 18.1 Å². The van der Waals surface area contributed by atoms with Crippen molar-refractivity contribution in [3.8, 4) is 0 Å². The minimum absolute atomic E-state index is 0.352. The van der Waals surface area contributed by atoms with Gasteiger partial charge in [-0.25, -0.2) is 0 Å². The van der Waals surface area contributed by atoms with Gasteiger partial charge in [-0.1, -0.05) is 37.7 Å². The molecule has 2 N–H and O–H groups in total. The molecule has 1 saturated heterocycles. The predicted molar refractivity (Wildman–Crippen MR) is 77.9 cm³/mol. The lowest BCUT2D eigenvalue weighted by Gasteiger charge is -2.19. The summed E-state index contributed by atoms with van der Waals surface area (Å²) in [5, 5.41) is 0.641. The number of benzene rings is 1. The molecule has 0 bridgehead atoms. The zero-order valence-corrected chi connectivity index (χ0v) is 11.7. The van der Waals surface area contributed by atoms with Crippen molar-refractivity contribution in [1.82, 2.24) is 0 Å². The van der Waals surface area contributed by atoms with Crippen molar-refractivity contribution >= 4 is 34.5 Å². The molecular weight excluding hydrogens is 252 g/mol. The highest BCUT2D eigenvalue weighted by Gasteiger charge is 2.26. The van der Waals surface area contributed by atoms with E-state index in [2.05, 4.69) is 18.7 Å². The number of thiocarbonyl (C=S) groups is 1. The van der Waals surface area contributed by atoms with E-state index in [4.69, 9.17) is 29.6 Å². The lowest BCUT2D eigenvalue weighted by molar-refractivity contribution is 0.494. The van der Waals surface area contributed by atoms with Gasteiger partial charge in [-0.2, -0.15) is 0 Å². The van der Waals surface area contributed by atoms with Crippen LogP contribution in [0.4, 0.5) is 5.69 Å². The molecule has 0 aromatic heterocycles. The van der Waals surface area contributed by atoms with Crippen LogP contribution in [-0.2, 0) is 0 Å². The third-order valence-electron chi connectivity index (χ3n) is 3.57. The second-order valence-electron chi connectivity index (χ2n) is 4.89. The third-order valence-corrected chi connectivity index (χ3v) is 4.10. The van der Waals surface area contributed by atoms with Crippen LogP contribution in [0, 0.1) is 11.8 Å². The monoisotopic (exact) mass is 268 g/mol. The zero-order valence-electron chi connectivity index (χ0n) is 10.1. The van der Waals surface area contributed by atoms with Crippen LogP contribution in [0.2, 0.25) is 5.02 Å². The number of hydrogen-bond acceptors (Lipinski definition) is 2. The average molecular weight is 269 g/mol. The first-order chi connectivity index (χ1) is 7.99. The van der Waals surface area contributed by atoms with Crippen LogP contribution >= 0.6 is 23.8 Å². The maximum Gasteiger partial charge on any atom is 0.105 e. The summed E-state index contributed by atoms with van der Waals surface area (Å²) in [7, 11) is 0. The third kappa shape index (κ3) is 2.55. The first-order valence-electron chi connectivity index (χ1n) is 5.83. The number of nitrogens with two attached hydrogens (primary N) is 1. The van der Waals surface area contributed by atoms with E-state index in [0.717, 1.165) is 36.2 Å². The first kappa shape index (κ1) is 12.7. The second-order valence-corrected chi connectivity index (χ2v) is 5.73. The van der Waals surface area contributed by atoms with E-state index < -0.39 is 0 Å². The standard InChI is InChI=1S/C13H17ClN2S/c1-8-6-16(7-9(8)2)10-3-4-11(13(15)17)12(14)5-10/h3-5,8-9H,6-7H2,1-2H3,(H2,15,17). The summed E-state index contributed by atoms with van der Waals surface area (Å²) in [5.41, 5.74) is 7.51. The molecule has 1 aliphatic rings. The van der Waals surface area contributed by atoms with Gasteiger partial charge in [-0.3, -0.25) is 0 Å². The fourth-order valence-corrected chi connectivity index (χ4v) is 2.75. The van der Waals surface area contributed by atoms with Crippen molar-refractivity contribution in [1.29, 1.82) is 0 Å². The highest BCUT2D eigenvalue weighted by Crippen LogP contribution is 2.30. The number of rotatable bonds is 2. The van der Waals surface area contributed by atoms with Crippen LogP contribution in [0.1, 0.15) is 19.4 Å². The fourth-order valence-electron chi connectivity index (χ4n) is 2.24. The molecular formula is C13H17ClN2S. The molecule has 92 valence electrons. The van der Waals surface area contributed by atoms with E-state index in [9.17, 15) is 0 Å². The van der Waals surface area contributed by atoms with Gasteiger partial charge in [0.2, 0.25) is 0 Å². The first-order valence-corrected chi connectivity index (χ1v) is 6.62. The Balaban J connectivity index is 2.24. The van der Waals surface area contributed by atoms with E-state index >= 15 is 0 Å². The molecule has 2 nitrogen and oxygen atoms in total. The quantitative estimate of drug-likeness (QED) is 0.836. The lowest BCUT2D eigenvalue weighted by atomic mass is 10.0. The minimum Gasteiger partial charge on any atom is -0.389 e. The van der Waals surface area contributed by atoms with Gasteiger partial charge in [0.25, 0.3) is 0 Å². The van der Waals surface area contributed by atoms with E-state index in [1.165, 1.54) is 0 Å². The van der Waals surface area contributed by atoms with E-state index in [0.29, 0.717) is 10.0 Å². The van der Waals surface area contributed by atoms with Gasteiger partial charge in [0.05, 0.1) is 5.02 Å². The summed E-state index contributed by atoms with van der Waals surface area (Å²) >= 11 is 11.1. The van der Waals surface area contributed by atoms with Crippen molar-refractivity contribution in [2.24, 2.45) is 17.6 Å². The molecule has 2 atom stereocenters. The number of hydrogen-bond donors (Lipinski definition) is 1. The Labute approximate surface area is 113 Å². The molecule has 0 radical (unpaired) electrons. The van der Waals surface area contributed by atoms with Crippen LogP contribution < -0.4 is 10.6 Å². The SMILES string of the molecule is CC1CN(c2ccc(C(N)=S)c(Cl)c2)CC1C. The van der Waals surface area contributed by atoms with Crippen LogP contribution in [0.5, 0.6) is 0 Å². The molecule has 0 saturated carbocycles. The predicted octanol–water partition coefficient (Wildman–Crippen LogP) is 3.07. The molecule has 17 heavy (non-hydrogen) atoms. The van der Waals surface area contributed by atoms with Gasteiger partial charge >= 0.3 is 0 Å². The smallest absolute Gasteiger partial charge is 0.105 e. The topological polar surface area (TPSA) is 29.3 Å². The normalized spacial score (nSPS) is 24.1. The molecule has 1 aromatic rings. The van der Waals surface area contributed by atoms with Crippen molar-refractivity contribution in [2.45, 2.75) is 13.8 Å². The Kier molecular flexibility index (Phi) is 3.59. The summed E-state index contributed by atoms with van der Waals surface area (Å²) in [6.45, 7) is 6.75. The Bertz CT molecular complexity index is 437. The Hall–Kier alpha value is -0.800. The van der Waals surface area contributed by atoms with Crippen molar-refractivity contribution in [3.05, 3.63) is 28.8 Å². The largest absolute Gasteiger partial charge is 0.389 e. The highest BCUT2D eigenvalue weighted by atomic mass is 35.5. The van der Waals surface area contributed by atoms with Crippen molar-refractivity contribution in [3.63, 3.8) is 0 Å². The van der Waals surface area contributed by atoms with Gasteiger partial charge in [-0.15, -0.1) is 0 Å².